The van der Waals surface area contributed by atoms with Gasteiger partial charge >= 0.3 is 0 Å². The molecule has 0 heterocycles. The average molecular weight is 303 g/mol. The number of ketones is 1. The third kappa shape index (κ3) is 2.60. The Balaban J connectivity index is 2.03. The Kier molecular flexibility index (Phi) is 3.81. The molecule has 0 saturated carbocycles. The predicted molar refractivity (Wildman–Crippen MR) is 82.6 cm³/mol. The Bertz CT molecular complexity index is 708. The van der Waals surface area contributed by atoms with Crippen LogP contribution >= 0.6 is 11.6 Å². The van der Waals surface area contributed by atoms with Gasteiger partial charge in [-0.3, -0.25) is 4.79 Å². The van der Waals surface area contributed by atoms with Gasteiger partial charge in [0.15, 0.2) is 5.78 Å². The number of hydrogen-bond donors (Lipinski definition) is 0. The number of fused-ring (bicyclic) bond motifs is 1. The molecule has 1 nitrogen and oxygen atoms in total. The molecule has 2 aromatic rings. The van der Waals surface area contributed by atoms with Crippen LogP contribution in [-0.2, 0) is 6.42 Å². The van der Waals surface area contributed by atoms with Crippen molar-refractivity contribution in [3.63, 3.8) is 0 Å². The number of Topliss-reactive ketones (excluding diaryl/α,β-unsaturated/α-hetero) is 1. The molecule has 1 aliphatic rings. The van der Waals surface area contributed by atoms with E-state index >= 15 is 0 Å². The summed E-state index contributed by atoms with van der Waals surface area (Å²) in [7, 11) is 0. The van der Waals surface area contributed by atoms with Gasteiger partial charge in [0.25, 0.3) is 0 Å². The normalized spacial score (nSPS) is 17.4. The maximum Gasteiger partial charge on any atom is 0.171 e. The summed E-state index contributed by atoms with van der Waals surface area (Å²) in [4.78, 5) is 12.8. The van der Waals surface area contributed by atoms with E-state index in [0.717, 1.165) is 24.8 Å². The third-order valence-corrected chi connectivity index (χ3v) is 4.51. The van der Waals surface area contributed by atoms with Crippen LogP contribution < -0.4 is 0 Å². The lowest BCUT2D eigenvalue weighted by molar-refractivity contribution is 0.0951. The van der Waals surface area contributed by atoms with Crippen molar-refractivity contribution in [3.05, 3.63) is 69.5 Å². The molecule has 1 atom stereocenters. The number of aryl methyl sites for hydroxylation is 2. The van der Waals surface area contributed by atoms with Crippen molar-refractivity contribution in [2.45, 2.75) is 32.1 Å². The van der Waals surface area contributed by atoms with E-state index in [1.807, 2.05) is 18.2 Å². The van der Waals surface area contributed by atoms with Crippen molar-refractivity contribution < 1.29 is 9.18 Å². The third-order valence-electron chi connectivity index (χ3n) is 4.20. The monoisotopic (exact) mass is 302 g/mol. The zero-order valence-electron chi connectivity index (χ0n) is 11.8. The van der Waals surface area contributed by atoms with E-state index in [9.17, 15) is 9.18 Å². The zero-order valence-corrected chi connectivity index (χ0v) is 12.6. The van der Waals surface area contributed by atoms with Gasteiger partial charge in [0, 0.05) is 11.5 Å². The van der Waals surface area contributed by atoms with Crippen LogP contribution in [0.5, 0.6) is 0 Å². The Morgan fingerprint density at radius 1 is 1.29 bits per heavy atom. The Labute approximate surface area is 128 Å². The maximum absolute atomic E-state index is 13.5. The summed E-state index contributed by atoms with van der Waals surface area (Å²) in [5.41, 5.74) is 3.20. The van der Waals surface area contributed by atoms with Crippen molar-refractivity contribution in [2.24, 2.45) is 0 Å². The Morgan fingerprint density at radius 3 is 2.86 bits per heavy atom. The molecule has 2 aromatic carbocycles. The van der Waals surface area contributed by atoms with Crippen molar-refractivity contribution in [1.82, 2.24) is 0 Å². The molecule has 0 N–H and O–H groups in total. The minimum atomic E-state index is -0.374. The molecule has 0 radical (unpaired) electrons. The van der Waals surface area contributed by atoms with Crippen LogP contribution in [0.15, 0.2) is 36.4 Å². The molecule has 0 saturated heterocycles. The van der Waals surface area contributed by atoms with Crippen LogP contribution in [0.2, 0.25) is 5.02 Å². The van der Waals surface area contributed by atoms with Crippen molar-refractivity contribution in [3.8, 4) is 0 Å². The molecule has 3 rings (SSSR count). The van der Waals surface area contributed by atoms with Gasteiger partial charge < -0.3 is 0 Å². The molecule has 108 valence electrons. The molecule has 0 amide bonds. The summed E-state index contributed by atoms with van der Waals surface area (Å²) in [5, 5.41) is 0.200. The van der Waals surface area contributed by atoms with Crippen LogP contribution in [0.25, 0.3) is 0 Å². The topological polar surface area (TPSA) is 17.1 Å². The van der Waals surface area contributed by atoms with Crippen LogP contribution in [0, 0.1) is 12.7 Å². The van der Waals surface area contributed by atoms with Crippen molar-refractivity contribution >= 4 is 17.4 Å². The van der Waals surface area contributed by atoms with Gasteiger partial charge in [-0.25, -0.2) is 4.39 Å². The fourth-order valence-electron chi connectivity index (χ4n) is 3.06. The molecule has 21 heavy (non-hydrogen) atoms. The highest BCUT2D eigenvalue weighted by molar-refractivity contribution is 6.34. The lowest BCUT2D eigenvalue weighted by Crippen LogP contribution is -2.19. The summed E-state index contributed by atoms with van der Waals surface area (Å²) >= 11 is 6.08. The minimum Gasteiger partial charge on any atom is -0.293 e. The van der Waals surface area contributed by atoms with Crippen LogP contribution in [-0.4, -0.2) is 5.78 Å². The van der Waals surface area contributed by atoms with Gasteiger partial charge in [-0.1, -0.05) is 35.9 Å². The van der Waals surface area contributed by atoms with Gasteiger partial charge in [-0.15, -0.1) is 0 Å². The summed E-state index contributed by atoms with van der Waals surface area (Å²) < 4.78 is 13.5. The second-order valence-corrected chi connectivity index (χ2v) is 6.00. The van der Waals surface area contributed by atoms with Crippen LogP contribution in [0.1, 0.15) is 45.8 Å². The number of hydrogen-bond acceptors (Lipinski definition) is 1. The highest BCUT2D eigenvalue weighted by Crippen LogP contribution is 2.35. The molecule has 1 aliphatic carbocycles. The first kappa shape index (κ1) is 14.3. The van der Waals surface area contributed by atoms with Gasteiger partial charge in [-0.2, -0.15) is 0 Å². The first-order valence-electron chi connectivity index (χ1n) is 7.15. The lowest BCUT2D eigenvalue weighted by atomic mass is 9.79. The lowest BCUT2D eigenvalue weighted by Gasteiger charge is -2.24. The van der Waals surface area contributed by atoms with Crippen molar-refractivity contribution in [1.29, 1.82) is 0 Å². The second-order valence-electron chi connectivity index (χ2n) is 5.59. The highest BCUT2D eigenvalue weighted by atomic mass is 35.5. The molecule has 0 bridgehead atoms. The average Bonchev–Trinajstić information content (AvgIpc) is 2.49. The molecular formula is C18H16ClFO. The van der Waals surface area contributed by atoms with E-state index in [-0.39, 0.29) is 22.5 Å². The van der Waals surface area contributed by atoms with Crippen LogP contribution in [0.4, 0.5) is 4.39 Å². The van der Waals surface area contributed by atoms with E-state index in [1.54, 1.807) is 13.0 Å². The maximum atomic E-state index is 13.5. The number of rotatable bonds is 2. The second kappa shape index (κ2) is 5.61. The van der Waals surface area contributed by atoms with Gasteiger partial charge in [0.05, 0.1) is 5.02 Å². The first-order chi connectivity index (χ1) is 10.1. The van der Waals surface area contributed by atoms with Gasteiger partial charge in [0.2, 0.25) is 0 Å². The first-order valence-corrected chi connectivity index (χ1v) is 7.53. The number of benzene rings is 2. The standard InChI is InChI=1S/C18H16ClFO/c1-11-9-15(16(19)10-17(11)20)18(21)14-8-4-6-12-5-2-3-7-13(12)14/h2-3,5,7,9-10,14H,4,6,8H2,1H3. The molecule has 0 spiro atoms. The smallest absolute Gasteiger partial charge is 0.171 e. The van der Waals surface area contributed by atoms with E-state index in [0.29, 0.717) is 11.1 Å². The fourth-order valence-corrected chi connectivity index (χ4v) is 3.30. The van der Waals surface area contributed by atoms with Crippen molar-refractivity contribution in [2.75, 3.05) is 0 Å². The van der Waals surface area contributed by atoms with Gasteiger partial charge in [-0.05, 0) is 55.0 Å². The quantitative estimate of drug-likeness (QED) is 0.706. The number of halogens is 2. The van der Waals surface area contributed by atoms with Gasteiger partial charge in [0.1, 0.15) is 5.82 Å². The van der Waals surface area contributed by atoms with E-state index in [4.69, 9.17) is 11.6 Å². The zero-order chi connectivity index (χ0) is 15.0. The summed E-state index contributed by atoms with van der Waals surface area (Å²) in [6.07, 6.45) is 2.82. The Hall–Kier alpha value is -1.67. The minimum absolute atomic E-state index is 0.00440. The Morgan fingerprint density at radius 2 is 2.05 bits per heavy atom. The summed E-state index contributed by atoms with van der Waals surface area (Å²) in [6.45, 7) is 1.65. The summed E-state index contributed by atoms with van der Waals surface area (Å²) in [6, 6.07) is 10.9. The van der Waals surface area contributed by atoms with E-state index in [1.165, 1.54) is 11.6 Å². The molecule has 1 unspecified atom stereocenters. The molecular weight excluding hydrogens is 287 g/mol. The number of carbonyl (C=O) groups excluding carboxylic acids is 1. The molecule has 0 aromatic heterocycles. The fraction of sp³-hybridized carbons (Fsp3) is 0.278. The largest absolute Gasteiger partial charge is 0.293 e. The highest BCUT2D eigenvalue weighted by Gasteiger charge is 2.28. The predicted octanol–water partition coefficient (Wildman–Crippen LogP) is 5.09. The molecule has 3 heteroatoms. The number of carbonyl (C=O) groups is 1. The van der Waals surface area contributed by atoms with E-state index in [2.05, 4.69) is 6.07 Å². The van der Waals surface area contributed by atoms with E-state index < -0.39 is 0 Å². The van der Waals surface area contributed by atoms with Crippen LogP contribution in [0.3, 0.4) is 0 Å². The SMILES string of the molecule is Cc1cc(C(=O)C2CCCc3ccccc32)c(Cl)cc1F. The molecule has 0 aliphatic heterocycles. The summed E-state index contributed by atoms with van der Waals surface area (Å²) in [5.74, 6) is -0.548. The molecule has 0 fully saturated rings.